The van der Waals surface area contributed by atoms with Crippen LogP contribution in [0.4, 0.5) is 0 Å². The largest absolute Gasteiger partial charge is 0.0806 e. The Balaban J connectivity index is 2.62. The van der Waals surface area contributed by atoms with Crippen LogP contribution in [0.15, 0.2) is 30.3 Å². The van der Waals surface area contributed by atoms with E-state index in [9.17, 15) is 0 Å². The molecule has 1 aromatic rings. The highest BCUT2D eigenvalue weighted by Gasteiger charge is 2.08. The molecule has 0 fully saturated rings. The van der Waals surface area contributed by atoms with E-state index in [0.717, 1.165) is 11.8 Å². The molecule has 0 aromatic heterocycles. The standard InChI is InChI=1S/C17H26/c1-5-6-7-17(14(2)3)13-12-16-10-8-15(4)9-11-16/h8-14,17H,5-7H2,1-4H3/b13-12-/t17-/m1/s1. The Morgan fingerprint density at radius 1 is 1.12 bits per heavy atom. The van der Waals surface area contributed by atoms with Crippen LogP contribution in [-0.2, 0) is 0 Å². The number of aryl methyl sites for hydroxylation is 1. The summed E-state index contributed by atoms with van der Waals surface area (Å²) in [7, 11) is 0. The van der Waals surface area contributed by atoms with Crippen LogP contribution in [-0.4, -0.2) is 0 Å². The van der Waals surface area contributed by atoms with E-state index in [1.165, 1.54) is 30.4 Å². The Morgan fingerprint density at radius 3 is 2.29 bits per heavy atom. The Morgan fingerprint density at radius 2 is 1.76 bits per heavy atom. The Kier molecular flexibility index (Phi) is 6.04. The van der Waals surface area contributed by atoms with E-state index < -0.39 is 0 Å². The molecule has 1 aromatic carbocycles. The van der Waals surface area contributed by atoms with Gasteiger partial charge in [-0.05, 0) is 30.7 Å². The summed E-state index contributed by atoms with van der Waals surface area (Å²) in [5.41, 5.74) is 2.64. The summed E-state index contributed by atoms with van der Waals surface area (Å²) < 4.78 is 0. The van der Waals surface area contributed by atoms with Crippen molar-refractivity contribution in [1.29, 1.82) is 0 Å². The monoisotopic (exact) mass is 230 g/mol. The first-order valence-electron chi connectivity index (χ1n) is 6.88. The SMILES string of the molecule is CCCC[C@H](/C=C\c1ccc(C)cc1)C(C)C. The fourth-order valence-electron chi connectivity index (χ4n) is 2.00. The Hall–Kier alpha value is -1.04. The van der Waals surface area contributed by atoms with Gasteiger partial charge < -0.3 is 0 Å². The molecule has 0 aliphatic rings. The highest BCUT2D eigenvalue weighted by Crippen LogP contribution is 2.21. The fraction of sp³-hybridized carbons (Fsp3) is 0.529. The minimum atomic E-state index is 0.719. The molecule has 0 heteroatoms. The molecule has 0 spiro atoms. The number of allylic oxidation sites excluding steroid dienone is 1. The van der Waals surface area contributed by atoms with Crippen molar-refractivity contribution in [3.63, 3.8) is 0 Å². The Labute approximate surface area is 107 Å². The number of hydrogen-bond donors (Lipinski definition) is 0. The van der Waals surface area contributed by atoms with Gasteiger partial charge in [-0.1, -0.05) is 75.6 Å². The summed E-state index contributed by atoms with van der Waals surface area (Å²) >= 11 is 0. The molecule has 0 saturated carbocycles. The summed E-state index contributed by atoms with van der Waals surface area (Å²) in [6, 6.07) is 8.75. The third-order valence-electron chi connectivity index (χ3n) is 3.36. The van der Waals surface area contributed by atoms with Gasteiger partial charge in [0.05, 0.1) is 0 Å². The third-order valence-corrected chi connectivity index (χ3v) is 3.36. The zero-order valence-electron chi connectivity index (χ0n) is 11.7. The normalized spacial score (nSPS) is 13.5. The van der Waals surface area contributed by atoms with Crippen molar-refractivity contribution >= 4 is 6.08 Å². The quantitative estimate of drug-likeness (QED) is 0.608. The molecule has 17 heavy (non-hydrogen) atoms. The predicted octanol–water partition coefficient (Wildman–Crippen LogP) is 5.47. The Bertz CT molecular complexity index is 330. The van der Waals surface area contributed by atoms with Crippen LogP contribution in [0.25, 0.3) is 6.08 Å². The summed E-state index contributed by atoms with van der Waals surface area (Å²) in [4.78, 5) is 0. The van der Waals surface area contributed by atoms with E-state index in [0.29, 0.717) is 0 Å². The van der Waals surface area contributed by atoms with Crippen molar-refractivity contribution in [2.75, 3.05) is 0 Å². The van der Waals surface area contributed by atoms with Gasteiger partial charge in [0, 0.05) is 0 Å². The highest BCUT2D eigenvalue weighted by atomic mass is 14.1. The van der Waals surface area contributed by atoms with Gasteiger partial charge in [0.1, 0.15) is 0 Å². The van der Waals surface area contributed by atoms with Gasteiger partial charge in [0.15, 0.2) is 0 Å². The van der Waals surface area contributed by atoms with Crippen molar-refractivity contribution in [3.05, 3.63) is 41.5 Å². The molecule has 0 bridgehead atoms. The molecule has 0 heterocycles. The summed E-state index contributed by atoms with van der Waals surface area (Å²) in [6.07, 6.45) is 8.62. The van der Waals surface area contributed by atoms with Crippen LogP contribution in [0.5, 0.6) is 0 Å². The van der Waals surface area contributed by atoms with Crippen LogP contribution in [0, 0.1) is 18.8 Å². The van der Waals surface area contributed by atoms with E-state index in [-0.39, 0.29) is 0 Å². The molecular weight excluding hydrogens is 204 g/mol. The minimum absolute atomic E-state index is 0.719. The van der Waals surface area contributed by atoms with E-state index in [1.807, 2.05) is 0 Å². The third kappa shape index (κ3) is 5.21. The lowest BCUT2D eigenvalue weighted by atomic mass is 9.90. The van der Waals surface area contributed by atoms with Crippen molar-refractivity contribution in [2.24, 2.45) is 11.8 Å². The zero-order chi connectivity index (χ0) is 12.7. The van der Waals surface area contributed by atoms with Crippen molar-refractivity contribution < 1.29 is 0 Å². The molecule has 0 saturated heterocycles. The molecule has 0 N–H and O–H groups in total. The fourth-order valence-corrected chi connectivity index (χ4v) is 2.00. The summed E-state index contributed by atoms with van der Waals surface area (Å²) in [5.74, 6) is 1.46. The van der Waals surface area contributed by atoms with Crippen LogP contribution in [0.1, 0.15) is 51.2 Å². The molecule has 0 radical (unpaired) electrons. The molecule has 0 nitrogen and oxygen atoms in total. The molecule has 94 valence electrons. The second kappa shape index (κ2) is 7.32. The highest BCUT2D eigenvalue weighted by molar-refractivity contribution is 5.49. The van der Waals surface area contributed by atoms with Crippen LogP contribution in [0.2, 0.25) is 0 Å². The van der Waals surface area contributed by atoms with Crippen molar-refractivity contribution in [3.8, 4) is 0 Å². The van der Waals surface area contributed by atoms with Gasteiger partial charge in [-0.25, -0.2) is 0 Å². The maximum atomic E-state index is 2.39. The van der Waals surface area contributed by atoms with Gasteiger partial charge in [-0.15, -0.1) is 0 Å². The first-order chi connectivity index (χ1) is 8.13. The van der Waals surface area contributed by atoms with Gasteiger partial charge in [-0.3, -0.25) is 0 Å². The first kappa shape index (κ1) is 14.0. The number of unbranched alkanes of at least 4 members (excludes halogenated alkanes) is 1. The summed E-state index contributed by atoms with van der Waals surface area (Å²) in [5, 5.41) is 0. The average molecular weight is 230 g/mol. The van der Waals surface area contributed by atoms with E-state index in [4.69, 9.17) is 0 Å². The molecular formula is C17H26. The van der Waals surface area contributed by atoms with Crippen LogP contribution < -0.4 is 0 Å². The molecule has 1 rings (SSSR count). The minimum Gasteiger partial charge on any atom is -0.0806 e. The number of benzene rings is 1. The maximum absolute atomic E-state index is 2.39. The molecule has 1 atom stereocenters. The van der Waals surface area contributed by atoms with E-state index >= 15 is 0 Å². The van der Waals surface area contributed by atoms with Crippen LogP contribution >= 0.6 is 0 Å². The molecule has 0 unspecified atom stereocenters. The molecule has 0 amide bonds. The molecule has 0 aliphatic carbocycles. The average Bonchev–Trinajstić information content (AvgIpc) is 2.31. The van der Waals surface area contributed by atoms with Gasteiger partial charge in [-0.2, -0.15) is 0 Å². The molecule has 0 aliphatic heterocycles. The lowest BCUT2D eigenvalue weighted by Crippen LogP contribution is -2.05. The predicted molar refractivity (Wildman–Crippen MR) is 78.1 cm³/mol. The maximum Gasteiger partial charge on any atom is -0.0207 e. The lowest BCUT2D eigenvalue weighted by molar-refractivity contribution is 0.424. The first-order valence-corrected chi connectivity index (χ1v) is 6.88. The van der Waals surface area contributed by atoms with Gasteiger partial charge in [0.25, 0.3) is 0 Å². The van der Waals surface area contributed by atoms with Gasteiger partial charge in [0.2, 0.25) is 0 Å². The van der Waals surface area contributed by atoms with Crippen molar-refractivity contribution in [2.45, 2.75) is 47.0 Å². The lowest BCUT2D eigenvalue weighted by Gasteiger charge is -2.16. The second-order valence-corrected chi connectivity index (χ2v) is 5.32. The van der Waals surface area contributed by atoms with E-state index in [1.54, 1.807) is 0 Å². The van der Waals surface area contributed by atoms with E-state index in [2.05, 4.69) is 64.1 Å². The number of hydrogen-bond acceptors (Lipinski definition) is 0. The van der Waals surface area contributed by atoms with Crippen LogP contribution in [0.3, 0.4) is 0 Å². The second-order valence-electron chi connectivity index (χ2n) is 5.32. The smallest absolute Gasteiger partial charge is 0.0207 e. The van der Waals surface area contributed by atoms with Gasteiger partial charge >= 0.3 is 0 Å². The summed E-state index contributed by atoms with van der Waals surface area (Å²) in [6.45, 7) is 9.03. The number of rotatable bonds is 6. The zero-order valence-corrected chi connectivity index (χ0v) is 11.7. The topological polar surface area (TPSA) is 0 Å². The van der Waals surface area contributed by atoms with Crippen molar-refractivity contribution in [1.82, 2.24) is 0 Å².